The first-order valence-corrected chi connectivity index (χ1v) is 7.66. The van der Waals surface area contributed by atoms with Gasteiger partial charge in [0.1, 0.15) is 0 Å². The Balaban J connectivity index is 2.01. The standard InChI is InChI=1S/C15H20ClN3O4/c1-22-13-11(16)5-3-6-12(13)17-14(20)18-7-4-8-19(10-9-18)15(21)23-2/h3,5-6H,4,7-10H2,1-2H3,(H,17,20). The summed E-state index contributed by atoms with van der Waals surface area (Å²) in [6.45, 7) is 2.00. The molecule has 0 unspecified atom stereocenters. The number of ether oxygens (including phenoxy) is 2. The van der Waals surface area contributed by atoms with Crippen LogP contribution in [0.25, 0.3) is 0 Å². The summed E-state index contributed by atoms with van der Waals surface area (Å²) < 4.78 is 9.93. The van der Waals surface area contributed by atoms with Crippen molar-refractivity contribution in [3.63, 3.8) is 0 Å². The quantitative estimate of drug-likeness (QED) is 0.897. The Morgan fingerprint density at radius 3 is 2.52 bits per heavy atom. The molecule has 0 spiro atoms. The smallest absolute Gasteiger partial charge is 0.409 e. The number of amides is 3. The molecule has 0 aromatic heterocycles. The molecule has 1 saturated heterocycles. The number of nitrogens with one attached hydrogen (secondary N) is 1. The van der Waals surface area contributed by atoms with E-state index in [0.29, 0.717) is 49.1 Å². The molecule has 1 fully saturated rings. The molecule has 126 valence electrons. The Labute approximate surface area is 140 Å². The summed E-state index contributed by atoms with van der Waals surface area (Å²) in [5.74, 6) is 0.425. The van der Waals surface area contributed by atoms with Gasteiger partial charge in [-0.15, -0.1) is 0 Å². The molecule has 3 amide bonds. The fraction of sp³-hybridized carbons (Fsp3) is 0.467. The summed E-state index contributed by atoms with van der Waals surface area (Å²) >= 11 is 6.05. The number of hydrogen-bond acceptors (Lipinski definition) is 4. The second-order valence-corrected chi connectivity index (χ2v) is 5.46. The Bertz CT molecular complexity index is 582. The van der Waals surface area contributed by atoms with E-state index in [1.165, 1.54) is 14.2 Å². The van der Waals surface area contributed by atoms with Crippen molar-refractivity contribution in [2.24, 2.45) is 0 Å². The van der Waals surface area contributed by atoms with E-state index in [4.69, 9.17) is 21.1 Å². The summed E-state index contributed by atoms with van der Waals surface area (Å²) in [6, 6.07) is 4.90. The number of carbonyl (C=O) groups excluding carboxylic acids is 2. The van der Waals surface area contributed by atoms with E-state index >= 15 is 0 Å². The molecule has 0 saturated carbocycles. The summed E-state index contributed by atoms with van der Waals surface area (Å²) in [5, 5.41) is 3.23. The first-order valence-electron chi connectivity index (χ1n) is 7.28. The van der Waals surface area contributed by atoms with Crippen LogP contribution in [0.1, 0.15) is 6.42 Å². The fourth-order valence-electron chi connectivity index (χ4n) is 2.44. The van der Waals surface area contributed by atoms with Crippen molar-refractivity contribution in [1.82, 2.24) is 9.80 Å². The fourth-order valence-corrected chi connectivity index (χ4v) is 2.69. The molecular weight excluding hydrogens is 322 g/mol. The number of anilines is 1. The minimum absolute atomic E-state index is 0.253. The normalized spacial score (nSPS) is 14.9. The lowest BCUT2D eigenvalue weighted by atomic mass is 10.3. The van der Waals surface area contributed by atoms with E-state index in [2.05, 4.69) is 5.32 Å². The lowest BCUT2D eigenvalue weighted by molar-refractivity contribution is 0.125. The zero-order valence-corrected chi connectivity index (χ0v) is 13.9. The van der Waals surface area contributed by atoms with E-state index < -0.39 is 0 Å². The van der Waals surface area contributed by atoms with Crippen molar-refractivity contribution in [3.8, 4) is 5.75 Å². The van der Waals surface area contributed by atoms with Crippen LogP contribution in [-0.2, 0) is 4.74 Å². The van der Waals surface area contributed by atoms with Crippen molar-refractivity contribution < 1.29 is 19.1 Å². The van der Waals surface area contributed by atoms with Crippen molar-refractivity contribution in [2.45, 2.75) is 6.42 Å². The third-order valence-corrected chi connectivity index (χ3v) is 3.93. The molecule has 1 heterocycles. The van der Waals surface area contributed by atoms with Crippen LogP contribution in [-0.4, -0.2) is 62.3 Å². The van der Waals surface area contributed by atoms with Gasteiger partial charge in [0.25, 0.3) is 0 Å². The molecule has 1 N–H and O–H groups in total. The molecule has 0 atom stereocenters. The molecular formula is C15H20ClN3O4. The second kappa shape index (κ2) is 7.92. The van der Waals surface area contributed by atoms with Crippen molar-refractivity contribution in [2.75, 3.05) is 45.7 Å². The summed E-state index contributed by atoms with van der Waals surface area (Å²) in [5.41, 5.74) is 0.513. The molecule has 1 aliphatic heterocycles. The number of hydrogen-bond donors (Lipinski definition) is 1. The minimum Gasteiger partial charge on any atom is -0.493 e. The highest BCUT2D eigenvalue weighted by Gasteiger charge is 2.23. The Kier molecular flexibility index (Phi) is 5.92. The number of urea groups is 1. The van der Waals surface area contributed by atoms with Crippen LogP contribution in [0.5, 0.6) is 5.75 Å². The van der Waals surface area contributed by atoms with Crippen molar-refractivity contribution >= 4 is 29.4 Å². The number of carbonyl (C=O) groups is 2. The van der Waals surface area contributed by atoms with Gasteiger partial charge in [0.05, 0.1) is 24.9 Å². The number of halogens is 1. The number of methoxy groups -OCH3 is 2. The highest BCUT2D eigenvalue weighted by molar-refractivity contribution is 6.32. The Hall–Kier alpha value is -2.15. The Morgan fingerprint density at radius 2 is 1.83 bits per heavy atom. The molecule has 7 nitrogen and oxygen atoms in total. The van der Waals surface area contributed by atoms with Crippen LogP contribution < -0.4 is 10.1 Å². The van der Waals surface area contributed by atoms with Gasteiger partial charge in [-0.05, 0) is 18.6 Å². The zero-order chi connectivity index (χ0) is 16.8. The SMILES string of the molecule is COC(=O)N1CCCN(C(=O)Nc2cccc(Cl)c2OC)CC1. The largest absolute Gasteiger partial charge is 0.493 e. The van der Waals surface area contributed by atoms with E-state index in [-0.39, 0.29) is 12.1 Å². The molecule has 0 bridgehead atoms. The van der Waals surface area contributed by atoms with Crippen LogP contribution in [0, 0.1) is 0 Å². The first kappa shape index (κ1) is 17.2. The zero-order valence-electron chi connectivity index (χ0n) is 13.2. The number of benzene rings is 1. The van der Waals surface area contributed by atoms with Gasteiger partial charge in [0.15, 0.2) is 5.75 Å². The number of para-hydroxylation sites is 1. The van der Waals surface area contributed by atoms with E-state index in [1.54, 1.807) is 28.0 Å². The van der Waals surface area contributed by atoms with Crippen LogP contribution >= 0.6 is 11.6 Å². The van der Waals surface area contributed by atoms with Gasteiger partial charge in [0.2, 0.25) is 0 Å². The molecule has 1 aliphatic rings. The maximum atomic E-state index is 12.4. The summed E-state index contributed by atoms with van der Waals surface area (Å²) in [4.78, 5) is 27.2. The molecule has 0 aliphatic carbocycles. The predicted octanol–water partition coefficient (Wildman–Crippen LogP) is 2.65. The van der Waals surface area contributed by atoms with Gasteiger partial charge in [-0.25, -0.2) is 9.59 Å². The molecule has 2 rings (SSSR count). The van der Waals surface area contributed by atoms with Crippen LogP contribution in [0.2, 0.25) is 5.02 Å². The van der Waals surface area contributed by atoms with Crippen LogP contribution in [0.15, 0.2) is 18.2 Å². The Morgan fingerprint density at radius 1 is 1.13 bits per heavy atom. The molecule has 8 heteroatoms. The number of nitrogens with zero attached hydrogens (tertiary/aromatic N) is 2. The average molecular weight is 342 g/mol. The lowest BCUT2D eigenvalue weighted by Gasteiger charge is -2.22. The van der Waals surface area contributed by atoms with Crippen LogP contribution in [0.3, 0.4) is 0 Å². The topological polar surface area (TPSA) is 71.1 Å². The molecule has 1 aromatic rings. The highest BCUT2D eigenvalue weighted by Crippen LogP contribution is 2.32. The van der Waals surface area contributed by atoms with E-state index in [1.807, 2.05) is 0 Å². The van der Waals surface area contributed by atoms with Gasteiger partial charge in [-0.1, -0.05) is 17.7 Å². The molecule has 23 heavy (non-hydrogen) atoms. The third kappa shape index (κ3) is 4.19. The van der Waals surface area contributed by atoms with Crippen molar-refractivity contribution in [1.29, 1.82) is 0 Å². The lowest BCUT2D eigenvalue weighted by Crippen LogP contribution is -2.39. The van der Waals surface area contributed by atoms with Crippen molar-refractivity contribution in [3.05, 3.63) is 23.2 Å². The first-order chi connectivity index (χ1) is 11.1. The maximum Gasteiger partial charge on any atom is 0.409 e. The summed E-state index contributed by atoms with van der Waals surface area (Å²) in [7, 11) is 2.85. The maximum absolute atomic E-state index is 12.4. The van der Waals surface area contributed by atoms with Gasteiger partial charge in [0, 0.05) is 26.2 Å². The number of rotatable bonds is 2. The summed E-state index contributed by atoms with van der Waals surface area (Å²) in [6.07, 6.45) is 0.318. The van der Waals surface area contributed by atoms with Gasteiger partial charge >= 0.3 is 12.1 Å². The van der Waals surface area contributed by atoms with E-state index in [9.17, 15) is 9.59 Å². The average Bonchev–Trinajstić information content (AvgIpc) is 2.80. The second-order valence-electron chi connectivity index (χ2n) is 5.05. The van der Waals surface area contributed by atoms with Crippen LogP contribution in [0.4, 0.5) is 15.3 Å². The minimum atomic E-state index is -0.372. The van der Waals surface area contributed by atoms with E-state index in [0.717, 1.165) is 0 Å². The third-order valence-electron chi connectivity index (χ3n) is 3.63. The predicted molar refractivity (Wildman–Crippen MR) is 87.2 cm³/mol. The van der Waals surface area contributed by atoms with Gasteiger partial charge in [-0.2, -0.15) is 0 Å². The molecule has 1 aromatic carbocycles. The van der Waals surface area contributed by atoms with Gasteiger partial charge in [-0.3, -0.25) is 0 Å². The monoisotopic (exact) mass is 341 g/mol. The molecule has 0 radical (unpaired) electrons. The van der Waals surface area contributed by atoms with Gasteiger partial charge < -0.3 is 24.6 Å². The highest BCUT2D eigenvalue weighted by atomic mass is 35.5.